The summed E-state index contributed by atoms with van der Waals surface area (Å²) in [5, 5.41) is 6.67. The fourth-order valence-electron chi connectivity index (χ4n) is 2.01. The van der Waals surface area contributed by atoms with E-state index < -0.39 is 0 Å². The maximum absolute atomic E-state index is 5.61. The van der Waals surface area contributed by atoms with Gasteiger partial charge in [0.25, 0.3) is 0 Å². The van der Waals surface area contributed by atoms with Gasteiger partial charge in [0.2, 0.25) is 0 Å². The van der Waals surface area contributed by atoms with Crippen molar-refractivity contribution in [2.24, 2.45) is 10.9 Å². The van der Waals surface area contributed by atoms with Crippen LogP contribution in [0, 0.1) is 5.92 Å². The highest BCUT2D eigenvalue weighted by molar-refractivity contribution is 5.79. The van der Waals surface area contributed by atoms with E-state index >= 15 is 0 Å². The highest BCUT2D eigenvalue weighted by Gasteiger charge is 2.20. The Hall–Kier alpha value is -0.810. The molecule has 1 rings (SSSR count). The zero-order valence-corrected chi connectivity index (χ0v) is 13.5. The topological polar surface area (TPSA) is 48.9 Å². The first-order valence-electron chi connectivity index (χ1n) is 8.04. The monoisotopic (exact) mass is 284 g/mol. The van der Waals surface area contributed by atoms with Crippen LogP contribution in [0.4, 0.5) is 0 Å². The molecule has 1 aliphatic carbocycles. The van der Waals surface area contributed by atoms with E-state index in [4.69, 9.17) is 4.74 Å². The molecule has 0 atom stereocenters. The quantitative estimate of drug-likeness (QED) is 0.341. The second-order valence-electron chi connectivity index (χ2n) is 5.32. The van der Waals surface area contributed by atoms with E-state index in [0.29, 0.717) is 0 Å². The highest BCUT2D eigenvalue weighted by atomic mass is 16.5. The van der Waals surface area contributed by atoms with Crippen molar-refractivity contribution in [1.82, 2.24) is 15.5 Å². The molecule has 20 heavy (non-hydrogen) atoms. The molecule has 5 heteroatoms. The van der Waals surface area contributed by atoms with Gasteiger partial charge in [-0.15, -0.1) is 0 Å². The number of aliphatic imine (C=N–C) groups is 1. The van der Waals surface area contributed by atoms with Gasteiger partial charge >= 0.3 is 0 Å². The summed E-state index contributed by atoms with van der Waals surface area (Å²) in [7, 11) is 1.82. The number of nitrogens with one attached hydrogen (secondary N) is 2. The number of hydrogen-bond donors (Lipinski definition) is 2. The van der Waals surface area contributed by atoms with Crippen LogP contribution in [-0.2, 0) is 4.74 Å². The normalized spacial score (nSPS) is 15.7. The largest absolute Gasteiger partial charge is 0.381 e. The summed E-state index contributed by atoms with van der Waals surface area (Å²) in [5.74, 6) is 1.75. The molecule has 0 bridgehead atoms. The van der Waals surface area contributed by atoms with Gasteiger partial charge in [0.1, 0.15) is 0 Å². The average molecular weight is 284 g/mol. The molecule has 0 spiro atoms. The first-order chi connectivity index (χ1) is 9.80. The van der Waals surface area contributed by atoms with Crippen LogP contribution in [0.2, 0.25) is 0 Å². The highest BCUT2D eigenvalue weighted by Crippen LogP contribution is 2.28. The number of nitrogens with zero attached hydrogens (tertiary/aromatic N) is 2. The smallest absolute Gasteiger partial charge is 0.191 e. The fourth-order valence-corrected chi connectivity index (χ4v) is 2.01. The molecule has 0 saturated heterocycles. The van der Waals surface area contributed by atoms with Crippen molar-refractivity contribution in [3.05, 3.63) is 0 Å². The lowest BCUT2D eigenvalue weighted by Crippen LogP contribution is -2.42. The lowest BCUT2D eigenvalue weighted by molar-refractivity contribution is 0.123. The van der Waals surface area contributed by atoms with Gasteiger partial charge in [-0.2, -0.15) is 0 Å². The van der Waals surface area contributed by atoms with Crippen LogP contribution >= 0.6 is 0 Å². The van der Waals surface area contributed by atoms with Crippen LogP contribution in [0.1, 0.15) is 33.1 Å². The van der Waals surface area contributed by atoms with Gasteiger partial charge in [-0.05, 0) is 38.3 Å². The summed E-state index contributed by atoms with van der Waals surface area (Å²) in [4.78, 5) is 6.62. The molecule has 0 heterocycles. The SMILES string of the molecule is CCN(CC)CCNC(=NC)NCCCOCC1CC1. The molecule has 0 unspecified atom stereocenters. The number of guanidine groups is 1. The molecule has 118 valence electrons. The molecule has 0 amide bonds. The van der Waals surface area contributed by atoms with Crippen molar-refractivity contribution < 1.29 is 4.74 Å². The van der Waals surface area contributed by atoms with E-state index in [0.717, 1.165) is 64.2 Å². The summed E-state index contributed by atoms with van der Waals surface area (Å²) in [5.41, 5.74) is 0. The Morgan fingerprint density at radius 2 is 1.90 bits per heavy atom. The first kappa shape index (κ1) is 17.2. The molecule has 0 aromatic rings. The van der Waals surface area contributed by atoms with Crippen LogP contribution in [0.3, 0.4) is 0 Å². The standard InChI is InChI=1S/C15H32N4O/c1-4-19(5-2)11-10-18-15(16-3)17-9-6-12-20-13-14-7-8-14/h14H,4-13H2,1-3H3,(H2,16,17,18). The van der Waals surface area contributed by atoms with Crippen molar-refractivity contribution in [3.8, 4) is 0 Å². The van der Waals surface area contributed by atoms with Crippen LogP contribution in [0.25, 0.3) is 0 Å². The summed E-state index contributed by atoms with van der Waals surface area (Å²) >= 11 is 0. The molecule has 1 aliphatic rings. The Kier molecular flexibility index (Phi) is 9.41. The minimum Gasteiger partial charge on any atom is -0.381 e. The van der Waals surface area contributed by atoms with Gasteiger partial charge in [0.15, 0.2) is 5.96 Å². The molecule has 1 saturated carbocycles. The molecule has 0 aromatic carbocycles. The van der Waals surface area contributed by atoms with E-state index in [-0.39, 0.29) is 0 Å². The average Bonchev–Trinajstić information content (AvgIpc) is 3.29. The van der Waals surface area contributed by atoms with Crippen molar-refractivity contribution in [2.75, 3.05) is 53.0 Å². The van der Waals surface area contributed by atoms with E-state index in [1.165, 1.54) is 12.8 Å². The minimum absolute atomic E-state index is 0.847. The predicted octanol–water partition coefficient (Wildman–Crippen LogP) is 1.31. The molecule has 0 aromatic heterocycles. The van der Waals surface area contributed by atoms with Crippen molar-refractivity contribution in [2.45, 2.75) is 33.1 Å². The first-order valence-corrected chi connectivity index (χ1v) is 8.04. The lowest BCUT2D eigenvalue weighted by Gasteiger charge is -2.19. The van der Waals surface area contributed by atoms with E-state index in [1.807, 2.05) is 7.05 Å². The van der Waals surface area contributed by atoms with Gasteiger partial charge in [-0.3, -0.25) is 4.99 Å². The Bertz CT molecular complexity index is 263. The Balaban J connectivity index is 1.95. The third-order valence-electron chi connectivity index (χ3n) is 3.65. The maximum Gasteiger partial charge on any atom is 0.191 e. The number of rotatable bonds is 11. The van der Waals surface area contributed by atoms with Crippen molar-refractivity contribution in [3.63, 3.8) is 0 Å². The zero-order chi connectivity index (χ0) is 14.6. The maximum atomic E-state index is 5.61. The van der Waals surface area contributed by atoms with Crippen LogP contribution < -0.4 is 10.6 Å². The van der Waals surface area contributed by atoms with Gasteiger partial charge < -0.3 is 20.3 Å². The second-order valence-corrected chi connectivity index (χ2v) is 5.32. The Morgan fingerprint density at radius 3 is 2.50 bits per heavy atom. The van der Waals surface area contributed by atoms with Gasteiger partial charge in [-0.25, -0.2) is 0 Å². The molecule has 2 N–H and O–H groups in total. The van der Waals surface area contributed by atoms with Crippen molar-refractivity contribution in [1.29, 1.82) is 0 Å². The number of ether oxygens (including phenoxy) is 1. The molecule has 0 radical (unpaired) electrons. The molecule has 0 aliphatic heterocycles. The zero-order valence-electron chi connectivity index (χ0n) is 13.5. The lowest BCUT2D eigenvalue weighted by atomic mass is 10.4. The summed E-state index contributed by atoms with van der Waals surface area (Å²) in [6.07, 6.45) is 3.76. The molecular formula is C15H32N4O. The Labute approximate surface area is 124 Å². The van der Waals surface area contributed by atoms with E-state index in [1.54, 1.807) is 0 Å². The van der Waals surface area contributed by atoms with Gasteiger partial charge in [-0.1, -0.05) is 13.8 Å². The number of hydrogen-bond acceptors (Lipinski definition) is 3. The molecular weight excluding hydrogens is 252 g/mol. The van der Waals surface area contributed by atoms with Crippen LogP contribution in [-0.4, -0.2) is 63.8 Å². The summed E-state index contributed by atoms with van der Waals surface area (Å²) in [6, 6.07) is 0. The number of likely N-dealkylation sites (N-methyl/N-ethyl adjacent to an activating group) is 1. The van der Waals surface area contributed by atoms with Crippen LogP contribution in [0.5, 0.6) is 0 Å². The molecule has 5 nitrogen and oxygen atoms in total. The second kappa shape index (κ2) is 10.9. The van der Waals surface area contributed by atoms with E-state index in [9.17, 15) is 0 Å². The minimum atomic E-state index is 0.847. The predicted molar refractivity (Wildman–Crippen MR) is 85.3 cm³/mol. The summed E-state index contributed by atoms with van der Waals surface area (Å²) in [6.45, 7) is 11.3. The molecule has 1 fully saturated rings. The third-order valence-corrected chi connectivity index (χ3v) is 3.65. The van der Waals surface area contributed by atoms with Gasteiger partial charge in [0, 0.05) is 39.9 Å². The fraction of sp³-hybridized carbons (Fsp3) is 0.933. The third kappa shape index (κ3) is 8.38. The van der Waals surface area contributed by atoms with E-state index in [2.05, 4.69) is 34.4 Å². The van der Waals surface area contributed by atoms with Crippen molar-refractivity contribution >= 4 is 5.96 Å². The van der Waals surface area contributed by atoms with Gasteiger partial charge in [0.05, 0.1) is 0 Å². The van der Waals surface area contributed by atoms with Crippen LogP contribution in [0.15, 0.2) is 4.99 Å². The Morgan fingerprint density at radius 1 is 1.20 bits per heavy atom. The summed E-state index contributed by atoms with van der Waals surface area (Å²) < 4.78 is 5.61.